The number of carbonyl (C=O) groups excluding carboxylic acids is 10. The maximum Gasteiger partial charge on any atom is 0.524 e. The number of fused-ring (bicyclic) bond motifs is 6. The summed E-state index contributed by atoms with van der Waals surface area (Å²) >= 11 is 14.1. The van der Waals surface area contributed by atoms with Crippen molar-refractivity contribution in [3.8, 4) is 11.5 Å². The third kappa shape index (κ3) is 24.6. The molecule has 4 heterocycles. The first kappa shape index (κ1) is 87.6. The molecular weight excluding hydrogens is 1550 g/mol. The highest BCUT2D eigenvalue weighted by Crippen LogP contribution is 2.50. The number of alkyl halides is 2. The highest BCUT2D eigenvalue weighted by atomic mass is 35.5. The molecule has 0 unspecified atom stereocenters. The van der Waals surface area contributed by atoms with E-state index in [1.165, 1.54) is 32.9 Å². The number of carbonyl (C=O) groups is 10. The number of thiophene rings is 1. The smallest absolute Gasteiger partial charge is 0.445 e. The Hall–Kier alpha value is -9.35. The molecule has 3 aliphatic rings. The molecule has 5 aromatic carbocycles. The second-order valence-electron chi connectivity index (χ2n) is 26.6. The summed E-state index contributed by atoms with van der Waals surface area (Å²) in [6.07, 6.45) is 1.33. The highest BCUT2D eigenvalue weighted by molar-refractivity contribution is 7.46. The Morgan fingerprint density at radius 3 is 1.58 bits per heavy atom. The van der Waals surface area contributed by atoms with Gasteiger partial charge in [-0.25, -0.2) is 18.9 Å². The van der Waals surface area contributed by atoms with Crippen LogP contribution in [0.1, 0.15) is 94.8 Å². The average molecular weight is 1650 g/mol. The molecule has 0 saturated heterocycles. The van der Waals surface area contributed by atoms with E-state index in [1.54, 1.807) is 111 Å². The largest absolute Gasteiger partial charge is 0.524 e. The molecule has 0 radical (unpaired) electrons. The Balaban J connectivity index is 0.705. The first-order chi connectivity index (χ1) is 54.4. The van der Waals surface area contributed by atoms with Gasteiger partial charge in [0, 0.05) is 117 Å². The highest BCUT2D eigenvalue weighted by Gasteiger charge is 2.40. The molecule has 0 aliphatic carbocycles. The first-order valence-electron chi connectivity index (χ1n) is 37.0. The van der Waals surface area contributed by atoms with E-state index in [2.05, 4.69) is 21.3 Å². The molecule has 36 heteroatoms. The Bertz CT molecular complexity index is 4400. The van der Waals surface area contributed by atoms with Crippen LogP contribution in [-0.2, 0) is 68.3 Å². The van der Waals surface area contributed by atoms with Crippen LogP contribution >= 0.6 is 42.4 Å². The average Bonchev–Trinajstić information content (AvgIpc) is 1.61. The summed E-state index contributed by atoms with van der Waals surface area (Å²) in [5.74, 6) is -3.98. The molecule has 610 valence electrons. The first-order valence-corrected chi connectivity index (χ1v) is 40.5. The number of hydrogen-bond acceptors (Lipinski definition) is 21. The summed E-state index contributed by atoms with van der Waals surface area (Å²) in [6, 6.07) is 24.0. The Kier molecular flexibility index (Phi) is 33.5. The van der Waals surface area contributed by atoms with Gasteiger partial charge in [0.05, 0.1) is 107 Å². The summed E-state index contributed by atoms with van der Waals surface area (Å²) in [6.45, 7) is 11.4. The number of nitrogens with zero attached hydrogens (tertiary/aromatic N) is 5. The zero-order chi connectivity index (χ0) is 81.1. The quantitative estimate of drug-likeness (QED) is 0.00816. The number of halogens is 2. The van der Waals surface area contributed by atoms with Crippen LogP contribution < -0.4 is 46.1 Å². The minimum absolute atomic E-state index is 0.0437. The number of anilines is 3. The van der Waals surface area contributed by atoms with Crippen molar-refractivity contribution in [2.75, 3.05) is 159 Å². The molecule has 0 spiro atoms. The van der Waals surface area contributed by atoms with Crippen molar-refractivity contribution >= 4 is 141 Å². The molecular formula is C77H95Cl2N10O22PS. The minimum Gasteiger partial charge on any atom is -0.445 e. The normalized spacial score (nSPS) is 15.0. The van der Waals surface area contributed by atoms with Crippen LogP contribution in [0.2, 0.25) is 0 Å². The van der Waals surface area contributed by atoms with Crippen LogP contribution in [0.3, 0.4) is 0 Å². The lowest BCUT2D eigenvalue weighted by molar-refractivity contribution is -0.137. The second-order valence-corrected chi connectivity index (χ2v) is 29.5. The number of ether oxygens (including phenoxy) is 8. The van der Waals surface area contributed by atoms with Gasteiger partial charge in [-0.2, -0.15) is 0 Å². The maximum atomic E-state index is 14.8. The van der Waals surface area contributed by atoms with E-state index in [9.17, 15) is 62.3 Å². The van der Waals surface area contributed by atoms with Gasteiger partial charge in [0.25, 0.3) is 23.6 Å². The van der Waals surface area contributed by atoms with E-state index in [4.69, 9.17) is 71.4 Å². The van der Waals surface area contributed by atoms with Crippen molar-refractivity contribution in [3.63, 3.8) is 0 Å². The molecule has 0 fully saturated rings. The lowest BCUT2D eigenvalue weighted by atomic mass is 9.95. The van der Waals surface area contributed by atoms with Gasteiger partial charge in [0.2, 0.25) is 17.7 Å². The van der Waals surface area contributed by atoms with Crippen molar-refractivity contribution in [1.82, 2.24) is 30.7 Å². The molecule has 0 bridgehead atoms. The third-order valence-electron chi connectivity index (χ3n) is 18.6. The van der Waals surface area contributed by atoms with Gasteiger partial charge in [0.1, 0.15) is 30.2 Å². The standard InChI is InChI=1S/C77H95Cl2N10O22PS/c1-5-85(27-28-86(6-2)77(99)110-61-42-59-68(56-14-9-7-12-54(56)61)51(44-78)46-88(59)73(95)63-21-22-64(113-63)74(96)89-47-52(45-79)69-57-15-10-8-13-55(57)62(43-60(69)89)111-112(100,101)102)76(98)109-48-50-17-19-53(20-18-50)82-71(93)58(16-11-26-81-75(80)97)83-72(94)70(49(3)4)84-65(90)25-30-103-32-34-105-36-38-107-40-41-108-39-37-106-35-33-104-31-29-87-66(91)23-24-67(87)92/h7-10,12-15,17-24,42-43,49,51-52,58,70H,5-6,11,16,25-41,44-48H2,1-4H3,(H,82,93)(H,83,94)(H,84,90)(H3,80,81,97)(H2,100,101,102)/t51-,52-,58+,70+/m1/s1. The maximum absolute atomic E-state index is 14.8. The van der Waals surface area contributed by atoms with Crippen LogP contribution in [0, 0.1) is 5.92 Å². The van der Waals surface area contributed by atoms with Crippen LogP contribution in [0.25, 0.3) is 21.5 Å². The van der Waals surface area contributed by atoms with E-state index in [0.29, 0.717) is 97.0 Å². The molecule has 1 aromatic heterocycles. The summed E-state index contributed by atoms with van der Waals surface area (Å²) in [7, 11) is -5.02. The van der Waals surface area contributed by atoms with Crippen molar-refractivity contribution in [3.05, 3.63) is 136 Å². The van der Waals surface area contributed by atoms with E-state index in [1.807, 2.05) is 12.1 Å². The molecule has 6 aromatic rings. The van der Waals surface area contributed by atoms with Crippen molar-refractivity contribution in [2.45, 2.75) is 77.5 Å². The van der Waals surface area contributed by atoms with Crippen LogP contribution in [0.5, 0.6) is 11.5 Å². The lowest BCUT2D eigenvalue weighted by Gasteiger charge is -2.26. The Labute approximate surface area is 667 Å². The summed E-state index contributed by atoms with van der Waals surface area (Å²) in [5.41, 5.74) is 8.50. The molecule has 9 rings (SSSR count). The van der Waals surface area contributed by atoms with Crippen molar-refractivity contribution in [2.24, 2.45) is 11.7 Å². The fourth-order valence-corrected chi connectivity index (χ4v) is 14.7. The Morgan fingerprint density at radius 1 is 0.619 bits per heavy atom. The third-order valence-corrected chi connectivity index (χ3v) is 20.9. The van der Waals surface area contributed by atoms with E-state index in [-0.39, 0.29) is 161 Å². The predicted octanol–water partition coefficient (Wildman–Crippen LogP) is 8.40. The van der Waals surface area contributed by atoms with Crippen molar-refractivity contribution in [1.29, 1.82) is 0 Å². The molecule has 8 N–H and O–H groups in total. The number of imide groups is 1. The molecule has 0 saturated carbocycles. The van der Waals surface area contributed by atoms with Gasteiger partial charge < -0.3 is 89.0 Å². The summed E-state index contributed by atoms with van der Waals surface area (Å²) in [5, 5.41) is 13.1. The zero-order valence-corrected chi connectivity index (χ0v) is 66.4. The number of urea groups is 1. The molecule has 4 atom stereocenters. The topological polar surface area (TPSA) is 402 Å². The molecule has 3 aliphatic heterocycles. The number of phosphoric ester groups is 1. The van der Waals surface area contributed by atoms with Gasteiger partial charge in [-0.3, -0.25) is 48.2 Å². The number of likely N-dealkylation sites (N-methyl/N-ethyl adjacent to an activating group) is 2. The van der Waals surface area contributed by atoms with E-state index in [0.717, 1.165) is 27.4 Å². The number of rotatable bonds is 45. The second kappa shape index (κ2) is 43.2. The fourth-order valence-electron chi connectivity index (χ4n) is 12.9. The zero-order valence-electron chi connectivity index (χ0n) is 63.1. The SMILES string of the molecule is CCN(CCN(CC)C(=O)Oc1cc2c(c3ccccc13)[C@H](CCl)CN2C(=O)c1ccc(C(=O)N2C[C@@H](CCl)c3c2cc(OP(=O)(O)O)c2ccccc32)s1)C(=O)OCc1ccc(NC(=O)[C@H](CCCNC(N)=O)NC(=O)[C@@H](NC(=O)CCOCCOCCOCCOCCOCCOCCN2C(=O)C=CC2=O)C(C)C)cc1. The number of benzene rings is 5. The molecule has 113 heavy (non-hydrogen) atoms. The molecule has 11 amide bonds. The monoisotopic (exact) mass is 1640 g/mol. The van der Waals surface area contributed by atoms with Gasteiger partial charge in [0.15, 0.2) is 0 Å². The Morgan fingerprint density at radius 2 is 1.10 bits per heavy atom. The molecule has 32 nitrogen and oxygen atoms in total. The number of nitrogens with two attached hydrogens (primary N) is 1. The summed E-state index contributed by atoms with van der Waals surface area (Å²) in [4.78, 5) is 159. The van der Waals surface area contributed by atoms with Gasteiger partial charge in [-0.15, -0.1) is 34.5 Å². The van der Waals surface area contributed by atoms with E-state index < -0.39 is 73.6 Å². The number of primary amides is 1. The summed E-state index contributed by atoms with van der Waals surface area (Å²) < 4.78 is 62.1. The fraction of sp³-hybridized carbons (Fsp3) is 0.455. The number of phosphoric acid groups is 1. The van der Waals surface area contributed by atoms with Crippen LogP contribution in [0.4, 0.5) is 31.4 Å². The minimum atomic E-state index is -5.02. The van der Waals surface area contributed by atoms with E-state index >= 15 is 0 Å². The van der Waals surface area contributed by atoms with Crippen LogP contribution in [0.15, 0.2) is 109 Å². The van der Waals surface area contributed by atoms with Crippen LogP contribution in [-0.4, -0.2) is 240 Å². The number of amides is 11. The predicted molar refractivity (Wildman–Crippen MR) is 422 cm³/mol. The van der Waals surface area contributed by atoms with Gasteiger partial charge in [-0.1, -0.05) is 74.5 Å². The number of nitrogens with one attached hydrogen (secondary N) is 4. The lowest BCUT2D eigenvalue weighted by Crippen LogP contribution is -2.54. The van der Waals surface area contributed by atoms with Gasteiger partial charge >= 0.3 is 26.0 Å². The number of hydrogen-bond donors (Lipinski definition) is 7. The van der Waals surface area contributed by atoms with Gasteiger partial charge in [-0.05, 0) is 84.3 Å². The van der Waals surface area contributed by atoms with Crippen molar-refractivity contribution < 1.29 is 105 Å².